The zero-order valence-corrected chi connectivity index (χ0v) is 13.9. The Kier molecular flexibility index (Phi) is 4.71. The number of alkyl halides is 1. The number of halogens is 1. The molecule has 0 amide bonds. The highest BCUT2D eigenvalue weighted by Crippen LogP contribution is 2.38. The van der Waals surface area contributed by atoms with Gasteiger partial charge in [-0.3, -0.25) is 0 Å². The molecule has 102 valence electrons. The molecule has 19 heavy (non-hydrogen) atoms. The number of hydrogen-bond acceptors (Lipinski definition) is 1. The van der Waals surface area contributed by atoms with Crippen LogP contribution < -0.4 is 0 Å². The molecule has 2 rings (SSSR count). The lowest BCUT2D eigenvalue weighted by atomic mass is 9.82. The Morgan fingerprint density at radius 1 is 1.00 bits per heavy atom. The van der Waals surface area contributed by atoms with Crippen LogP contribution in [0.15, 0.2) is 36.4 Å². The molecular weight excluding hydrogens is 347 g/mol. The molecule has 0 aromatic heterocycles. The van der Waals surface area contributed by atoms with Gasteiger partial charge in [0.15, 0.2) is 0 Å². The molecule has 1 nitrogen and oxygen atoms in total. The van der Waals surface area contributed by atoms with E-state index in [0.29, 0.717) is 21.5 Å². The molecule has 0 aliphatic heterocycles. The van der Waals surface area contributed by atoms with Crippen LogP contribution in [0.4, 0.5) is 0 Å². The summed E-state index contributed by atoms with van der Waals surface area (Å²) in [5.41, 5.74) is 1.37. The Bertz CT molecular complexity index is 560. The van der Waals surface area contributed by atoms with Crippen molar-refractivity contribution in [3.63, 3.8) is 0 Å². The number of phenolic OH excluding ortho intramolecular Hbond substituents is 1. The van der Waals surface area contributed by atoms with Gasteiger partial charge >= 0.3 is 0 Å². The van der Waals surface area contributed by atoms with Crippen molar-refractivity contribution in [3.8, 4) is 5.75 Å². The first-order valence-corrected chi connectivity index (χ1v) is 8.10. The van der Waals surface area contributed by atoms with Crippen molar-refractivity contribution >= 4 is 33.4 Å². The van der Waals surface area contributed by atoms with Crippen molar-refractivity contribution in [1.29, 1.82) is 0 Å². The van der Waals surface area contributed by atoms with E-state index in [0.717, 1.165) is 5.39 Å². The smallest absolute Gasteiger partial charge is 0.123 e. The third-order valence-corrected chi connectivity index (χ3v) is 4.23. The van der Waals surface area contributed by atoms with Gasteiger partial charge in [-0.15, -0.1) is 0 Å². The monoisotopic (exact) mass is 368 g/mol. The zero-order chi connectivity index (χ0) is 14.0. The van der Waals surface area contributed by atoms with E-state index >= 15 is 0 Å². The van der Waals surface area contributed by atoms with Gasteiger partial charge in [0.1, 0.15) is 5.75 Å². The fraction of sp³-hybridized carbons (Fsp3) is 0.412. The van der Waals surface area contributed by atoms with E-state index in [-0.39, 0.29) is 0 Å². The van der Waals surface area contributed by atoms with Gasteiger partial charge in [0.05, 0.1) is 0 Å². The molecule has 0 spiro atoms. The quantitative estimate of drug-likeness (QED) is 0.558. The van der Waals surface area contributed by atoms with E-state index in [2.05, 4.69) is 61.6 Å². The average Bonchev–Trinajstić information content (AvgIpc) is 2.37. The van der Waals surface area contributed by atoms with Crippen LogP contribution in [0.2, 0.25) is 0 Å². The summed E-state index contributed by atoms with van der Waals surface area (Å²) >= 11 is 2.50. The van der Waals surface area contributed by atoms with Crippen LogP contribution >= 0.6 is 22.6 Å². The summed E-state index contributed by atoms with van der Waals surface area (Å²) in [6.45, 7) is 6.83. The first kappa shape index (κ1) is 14.6. The number of benzene rings is 2. The summed E-state index contributed by atoms with van der Waals surface area (Å²) in [5, 5.41) is 12.2. The molecule has 0 heterocycles. The van der Waals surface area contributed by atoms with Crippen LogP contribution in [-0.2, 0) is 0 Å². The molecule has 2 aromatic carbocycles. The number of fused-ring (bicyclic) bond motifs is 1. The predicted molar refractivity (Wildman–Crippen MR) is 91.3 cm³/mol. The lowest BCUT2D eigenvalue weighted by molar-refractivity contribution is 0.469. The van der Waals surface area contributed by atoms with Crippen molar-refractivity contribution < 1.29 is 5.11 Å². The topological polar surface area (TPSA) is 20.2 Å². The summed E-state index contributed by atoms with van der Waals surface area (Å²) in [5.74, 6) is 1.52. The Morgan fingerprint density at radius 2 is 1.63 bits per heavy atom. The van der Waals surface area contributed by atoms with E-state index < -0.39 is 0 Å². The van der Waals surface area contributed by atoms with Gasteiger partial charge in [0.2, 0.25) is 0 Å². The van der Waals surface area contributed by atoms with Gasteiger partial charge in [-0.05, 0) is 35.3 Å². The maximum absolute atomic E-state index is 10.00. The molecule has 0 bridgehead atoms. The molecule has 0 saturated carbocycles. The fourth-order valence-corrected chi connectivity index (χ4v) is 3.29. The van der Waals surface area contributed by atoms with Gasteiger partial charge in [-0.25, -0.2) is 0 Å². The molecule has 1 N–H and O–H groups in total. The normalized spacial score (nSPS) is 14.8. The maximum atomic E-state index is 10.00. The van der Waals surface area contributed by atoms with Gasteiger partial charge in [-0.1, -0.05) is 73.7 Å². The van der Waals surface area contributed by atoms with Crippen molar-refractivity contribution in [1.82, 2.24) is 0 Å². The standard InChI is InChI=1S/C17H21IO/c1-11(2)16(10-12(3)18)14-8-9-17(19)15-7-5-4-6-13(14)15/h4-9,11-12,16,19H,10H2,1-3H3. The molecule has 2 aromatic rings. The third-order valence-electron chi connectivity index (χ3n) is 3.72. The highest BCUT2D eigenvalue weighted by Gasteiger charge is 2.20. The van der Waals surface area contributed by atoms with Crippen molar-refractivity contribution in [2.24, 2.45) is 5.92 Å². The lowest BCUT2D eigenvalue weighted by Gasteiger charge is -2.24. The first-order chi connectivity index (χ1) is 9.00. The van der Waals surface area contributed by atoms with E-state index in [4.69, 9.17) is 0 Å². The van der Waals surface area contributed by atoms with Gasteiger partial charge < -0.3 is 5.11 Å². The maximum Gasteiger partial charge on any atom is 0.123 e. The van der Waals surface area contributed by atoms with E-state index in [9.17, 15) is 5.11 Å². The Balaban J connectivity index is 2.57. The third kappa shape index (κ3) is 3.22. The summed E-state index contributed by atoms with van der Waals surface area (Å²) in [4.78, 5) is 0. The summed E-state index contributed by atoms with van der Waals surface area (Å²) in [6, 6.07) is 12.1. The molecule has 2 atom stereocenters. The molecule has 2 unspecified atom stereocenters. The largest absolute Gasteiger partial charge is 0.507 e. The molecular formula is C17H21IO. The molecule has 0 saturated heterocycles. The number of hydrogen-bond donors (Lipinski definition) is 1. The van der Waals surface area contributed by atoms with Gasteiger partial charge in [0.25, 0.3) is 0 Å². The van der Waals surface area contributed by atoms with Crippen molar-refractivity contribution in [2.45, 2.75) is 37.0 Å². The first-order valence-electron chi connectivity index (χ1n) is 6.85. The van der Waals surface area contributed by atoms with Gasteiger partial charge in [0, 0.05) is 9.31 Å². The average molecular weight is 368 g/mol. The van der Waals surface area contributed by atoms with Crippen LogP contribution in [0.25, 0.3) is 10.8 Å². The summed E-state index contributed by atoms with van der Waals surface area (Å²) < 4.78 is 0.651. The van der Waals surface area contributed by atoms with Crippen LogP contribution in [0.5, 0.6) is 5.75 Å². The SMILES string of the molecule is CC(I)CC(c1ccc(O)c2ccccc12)C(C)C. The Labute approximate surface area is 129 Å². The Morgan fingerprint density at radius 3 is 2.21 bits per heavy atom. The second kappa shape index (κ2) is 6.12. The fourth-order valence-electron chi connectivity index (χ4n) is 2.74. The minimum atomic E-state index is 0.379. The van der Waals surface area contributed by atoms with E-state index in [1.54, 1.807) is 0 Å². The second-order valence-corrected chi connectivity index (χ2v) is 7.71. The van der Waals surface area contributed by atoms with E-state index in [1.807, 2.05) is 18.2 Å². The molecule has 2 heteroatoms. The van der Waals surface area contributed by atoms with Crippen LogP contribution in [-0.4, -0.2) is 9.03 Å². The zero-order valence-electron chi connectivity index (χ0n) is 11.7. The molecule has 0 radical (unpaired) electrons. The number of rotatable bonds is 4. The van der Waals surface area contributed by atoms with Crippen molar-refractivity contribution in [3.05, 3.63) is 42.0 Å². The van der Waals surface area contributed by atoms with Crippen molar-refractivity contribution in [2.75, 3.05) is 0 Å². The predicted octanol–water partition coefficient (Wildman–Crippen LogP) is 5.50. The minimum absolute atomic E-state index is 0.379. The summed E-state index contributed by atoms with van der Waals surface area (Å²) in [6.07, 6.45) is 1.17. The van der Waals surface area contributed by atoms with Crippen LogP contribution in [0, 0.1) is 5.92 Å². The van der Waals surface area contributed by atoms with E-state index in [1.165, 1.54) is 17.4 Å². The van der Waals surface area contributed by atoms with Gasteiger partial charge in [-0.2, -0.15) is 0 Å². The van der Waals surface area contributed by atoms with Crippen LogP contribution in [0.1, 0.15) is 38.7 Å². The molecule has 0 aliphatic carbocycles. The van der Waals surface area contributed by atoms with Crippen LogP contribution in [0.3, 0.4) is 0 Å². The second-order valence-electron chi connectivity index (χ2n) is 5.59. The lowest BCUT2D eigenvalue weighted by Crippen LogP contribution is -2.11. The summed E-state index contributed by atoms with van der Waals surface area (Å²) in [7, 11) is 0. The number of aromatic hydroxyl groups is 1. The highest BCUT2D eigenvalue weighted by molar-refractivity contribution is 14.1. The number of phenols is 1. The molecule has 0 fully saturated rings. The Hall–Kier alpha value is -0.770. The minimum Gasteiger partial charge on any atom is -0.507 e. The molecule has 0 aliphatic rings. The highest BCUT2D eigenvalue weighted by atomic mass is 127.